The van der Waals surface area contributed by atoms with Crippen molar-refractivity contribution < 1.29 is 19.0 Å². The minimum Gasteiger partial charge on any atom is -0.396 e. The Balaban J connectivity index is 3.11. The number of aliphatic hydroxyl groups excluding tert-OH is 1. The third-order valence-corrected chi connectivity index (χ3v) is 0.636. The van der Waals surface area contributed by atoms with E-state index >= 15 is 0 Å². The van der Waals surface area contributed by atoms with E-state index < -0.39 is 12.5 Å². The molecule has 4 heteroatoms. The van der Waals surface area contributed by atoms with Gasteiger partial charge in [0.25, 0.3) is 0 Å². The number of hydrogen-bond acceptors (Lipinski definition) is 2. The smallest absolute Gasteiger partial charge is 0.353 e. The molecule has 2 nitrogen and oxygen atoms in total. The highest BCUT2D eigenvalue weighted by molar-refractivity contribution is 4.46. The summed E-state index contributed by atoms with van der Waals surface area (Å²) in [7, 11) is 0. The van der Waals surface area contributed by atoms with E-state index in [0.717, 1.165) is 0 Å². The fourth-order valence-corrected chi connectivity index (χ4v) is 0.292. The van der Waals surface area contributed by atoms with Crippen molar-refractivity contribution in [2.45, 2.75) is 19.0 Å². The van der Waals surface area contributed by atoms with Crippen LogP contribution in [0.2, 0.25) is 0 Å². The fraction of sp³-hybridized carbons (Fsp3) is 1.00. The highest BCUT2D eigenvalue weighted by atomic mass is 19.3. The van der Waals surface area contributed by atoms with Crippen LogP contribution in [0.4, 0.5) is 8.78 Å². The third-order valence-electron chi connectivity index (χ3n) is 0.636. The molecule has 0 saturated heterocycles. The van der Waals surface area contributed by atoms with E-state index in [0.29, 0.717) is 0 Å². The molecule has 0 aromatic heterocycles. The van der Waals surface area contributed by atoms with Crippen molar-refractivity contribution >= 4 is 0 Å². The van der Waals surface area contributed by atoms with Crippen LogP contribution in [0.5, 0.6) is 0 Å². The summed E-state index contributed by atoms with van der Waals surface area (Å²) in [6.45, 7) is -0.309. The van der Waals surface area contributed by atoms with Gasteiger partial charge in [-0.15, -0.1) is 0 Å². The van der Waals surface area contributed by atoms with Crippen LogP contribution in [-0.2, 0) is 0 Å². The summed E-state index contributed by atoms with van der Waals surface area (Å²) in [4.78, 5) is 0. The molecule has 0 aromatic rings. The Bertz CT molecular complexity index is 59.5. The van der Waals surface area contributed by atoms with Crippen LogP contribution in [0, 0.1) is 0 Å². The van der Waals surface area contributed by atoms with Gasteiger partial charge in [0.05, 0.1) is 0 Å². The van der Waals surface area contributed by atoms with Crippen molar-refractivity contribution in [3.8, 4) is 0 Å². The van der Waals surface area contributed by atoms with Gasteiger partial charge < -0.3 is 10.2 Å². The Hall–Kier alpha value is -0.220. The normalized spacial score (nSPS) is 12.0. The minimum atomic E-state index is -3.61. The van der Waals surface area contributed by atoms with Gasteiger partial charge >= 0.3 is 6.11 Å². The first kappa shape index (κ1) is 7.78. The van der Waals surface area contributed by atoms with Gasteiger partial charge in [-0.2, -0.15) is 8.78 Å². The summed E-state index contributed by atoms with van der Waals surface area (Å²) in [5.74, 6) is 0. The summed E-state index contributed by atoms with van der Waals surface area (Å²) in [6.07, 6.45) is -4.34. The largest absolute Gasteiger partial charge is 0.396 e. The molecule has 0 aliphatic carbocycles. The van der Waals surface area contributed by atoms with Crippen LogP contribution in [0.25, 0.3) is 0 Å². The molecular weight excluding hydrogens is 118 g/mol. The summed E-state index contributed by atoms with van der Waals surface area (Å²) in [5, 5.41) is 15.7. The Morgan fingerprint density at radius 1 is 1.38 bits per heavy atom. The number of hydrogen-bond donors (Lipinski definition) is 2. The van der Waals surface area contributed by atoms with Crippen LogP contribution in [-0.4, -0.2) is 22.9 Å². The Morgan fingerprint density at radius 3 is 2.00 bits per heavy atom. The van der Waals surface area contributed by atoms with Gasteiger partial charge in [-0.05, 0) is 6.42 Å². The predicted octanol–water partition coefficient (Wildman–Crippen LogP) is 0.344. The molecule has 0 spiro atoms. The molecule has 0 aliphatic heterocycles. The van der Waals surface area contributed by atoms with Gasteiger partial charge in [0, 0.05) is 13.0 Å². The monoisotopic (exact) mass is 126 g/mol. The van der Waals surface area contributed by atoms with Crippen molar-refractivity contribution in [2.24, 2.45) is 0 Å². The van der Waals surface area contributed by atoms with E-state index in [1.807, 2.05) is 0 Å². The first-order chi connectivity index (χ1) is 3.56. The lowest BCUT2D eigenvalue weighted by Crippen LogP contribution is -2.14. The first-order valence-electron chi connectivity index (χ1n) is 2.27. The molecule has 0 aliphatic rings. The zero-order chi connectivity index (χ0) is 6.62. The van der Waals surface area contributed by atoms with Crippen molar-refractivity contribution in [3.63, 3.8) is 0 Å². The summed E-state index contributed by atoms with van der Waals surface area (Å²) >= 11 is 0. The lowest BCUT2D eigenvalue weighted by Gasteiger charge is -2.04. The highest BCUT2D eigenvalue weighted by Gasteiger charge is 2.22. The van der Waals surface area contributed by atoms with Crippen LogP contribution in [0.1, 0.15) is 12.8 Å². The molecule has 0 heterocycles. The van der Waals surface area contributed by atoms with E-state index in [9.17, 15) is 8.78 Å². The Morgan fingerprint density at radius 2 is 1.88 bits per heavy atom. The Labute approximate surface area is 45.8 Å². The summed E-state index contributed by atoms with van der Waals surface area (Å²) in [5.41, 5.74) is 0. The second-order valence-electron chi connectivity index (χ2n) is 1.49. The maximum atomic E-state index is 11.4. The molecule has 8 heavy (non-hydrogen) atoms. The second kappa shape index (κ2) is 2.94. The second-order valence-corrected chi connectivity index (χ2v) is 1.49. The molecular formula is C4H8F2O2. The van der Waals surface area contributed by atoms with Gasteiger partial charge in [-0.25, -0.2) is 0 Å². The van der Waals surface area contributed by atoms with E-state index in [1.54, 1.807) is 0 Å². The molecule has 0 amide bonds. The van der Waals surface area contributed by atoms with E-state index in [2.05, 4.69) is 0 Å². The quantitative estimate of drug-likeness (QED) is 0.572. The third kappa shape index (κ3) is 5.78. The molecule has 0 aromatic carbocycles. The Kier molecular flexibility index (Phi) is 2.86. The molecule has 0 bridgehead atoms. The number of alkyl halides is 2. The van der Waals surface area contributed by atoms with Crippen molar-refractivity contribution in [2.75, 3.05) is 6.61 Å². The molecule has 50 valence electrons. The van der Waals surface area contributed by atoms with Gasteiger partial charge in [0.2, 0.25) is 0 Å². The van der Waals surface area contributed by atoms with Crippen molar-refractivity contribution in [1.29, 1.82) is 0 Å². The van der Waals surface area contributed by atoms with Crippen molar-refractivity contribution in [3.05, 3.63) is 0 Å². The number of aliphatic hydroxyl groups is 2. The van der Waals surface area contributed by atoms with Crippen LogP contribution < -0.4 is 0 Å². The van der Waals surface area contributed by atoms with Crippen LogP contribution in [0.15, 0.2) is 0 Å². The topological polar surface area (TPSA) is 40.5 Å². The highest BCUT2D eigenvalue weighted by Crippen LogP contribution is 2.14. The van der Waals surface area contributed by atoms with Crippen molar-refractivity contribution in [1.82, 2.24) is 0 Å². The average Bonchev–Trinajstić information content (AvgIpc) is 1.59. The predicted molar refractivity (Wildman–Crippen MR) is 23.5 cm³/mol. The summed E-state index contributed by atoms with van der Waals surface area (Å²) in [6, 6.07) is 0. The SMILES string of the molecule is OCCCC(O)(F)F. The van der Waals surface area contributed by atoms with Gasteiger partial charge in [0.1, 0.15) is 0 Å². The molecule has 0 rings (SSSR count). The van der Waals surface area contributed by atoms with Crippen LogP contribution in [0.3, 0.4) is 0 Å². The molecule has 0 fully saturated rings. The zero-order valence-corrected chi connectivity index (χ0v) is 4.27. The first-order valence-corrected chi connectivity index (χ1v) is 2.27. The van der Waals surface area contributed by atoms with Gasteiger partial charge in [0.15, 0.2) is 0 Å². The molecule has 0 atom stereocenters. The molecule has 0 radical (unpaired) electrons. The maximum absolute atomic E-state index is 11.4. The summed E-state index contributed by atoms with van der Waals surface area (Å²) < 4.78 is 22.7. The average molecular weight is 126 g/mol. The lowest BCUT2D eigenvalue weighted by atomic mass is 10.3. The molecule has 0 saturated carbocycles. The minimum absolute atomic E-state index is 0.0660. The molecule has 2 N–H and O–H groups in total. The number of halogens is 2. The fourth-order valence-electron chi connectivity index (χ4n) is 0.292. The van der Waals surface area contributed by atoms with Crippen LogP contribution >= 0.6 is 0 Å². The van der Waals surface area contributed by atoms with Gasteiger partial charge in [-0.3, -0.25) is 0 Å². The van der Waals surface area contributed by atoms with Gasteiger partial charge in [-0.1, -0.05) is 0 Å². The maximum Gasteiger partial charge on any atom is 0.353 e. The van der Waals surface area contributed by atoms with E-state index in [4.69, 9.17) is 10.2 Å². The van der Waals surface area contributed by atoms with E-state index in [-0.39, 0.29) is 13.0 Å². The van der Waals surface area contributed by atoms with E-state index in [1.165, 1.54) is 0 Å². The zero-order valence-electron chi connectivity index (χ0n) is 4.27. The molecule has 0 unspecified atom stereocenters. The standard InChI is InChI=1S/C4H8F2O2/c5-4(6,8)2-1-3-7/h7-8H,1-3H2. The number of rotatable bonds is 3. The lowest BCUT2D eigenvalue weighted by molar-refractivity contribution is -0.204.